The summed E-state index contributed by atoms with van der Waals surface area (Å²) in [5.41, 5.74) is 1.98. The number of nitrogens with one attached hydrogen (secondary N) is 2. The normalized spacial score (nSPS) is 10.0. The first-order chi connectivity index (χ1) is 11.2. The van der Waals surface area contributed by atoms with Crippen LogP contribution in [-0.2, 0) is 0 Å². The van der Waals surface area contributed by atoms with Gasteiger partial charge in [-0.2, -0.15) is 0 Å². The van der Waals surface area contributed by atoms with Gasteiger partial charge >= 0.3 is 0 Å². The zero-order valence-electron chi connectivity index (χ0n) is 13.6. The van der Waals surface area contributed by atoms with E-state index in [0.717, 1.165) is 12.1 Å². The average molecular weight is 315 g/mol. The first-order valence-electron chi connectivity index (χ1n) is 7.40. The third kappa shape index (κ3) is 4.35. The van der Waals surface area contributed by atoms with Gasteiger partial charge in [-0.25, -0.2) is 0 Å². The Hall–Kier alpha value is -2.76. The summed E-state index contributed by atoms with van der Waals surface area (Å²) >= 11 is 0. The largest absolute Gasteiger partial charge is 0.497 e. The molecular formula is C17H21N3O3. The molecule has 1 aromatic carbocycles. The second-order valence-electron chi connectivity index (χ2n) is 4.91. The first kappa shape index (κ1) is 16.6. The maximum atomic E-state index is 12.0. The molecule has 23 heavy (non-hydrogen) atoms. The molecule has 2 N–H and O–H groups in total. The molecule has 1 heterocycles. The molecule has 0 aliphatic carbocycles. The smallest absolute Gasteiger partial charge is 0.252 e. The first-order valence-corrected chi connectivity index (χ1v) is 7.40. The van der Waals surface area contributed by atoms with Crippen molar-refractivity contribution in [2.24, 2.45) is 0 Å². The molecule has 0 saturated carbocycles. The van der Waals surface area contributed by atoms with Gasteiger partial charge in [-0.1, -0.05) is 6.92 Å². The second-order valence-corrected chi connectivity index (χ2v) is 4.91. The third-order valence-electron chi connectivity index (χ3n) is 3.22. The van der Waals surface area contributed by atoms with E-state index in [4.69, 9.17) is 9.47 Å². The van der Waals surface area contributed by atoms with E-state index in [1.807, 2.05) is 19.1 Å². The number of ether oxygens (including phenoxy) is 2. The van der Waals surface area contributed by atoms with E-state index in [0.29, 0.717) is 29.3 Å². The molecule has 0 saturated heterocycles. The third-order valence-corrected chi connectivity index (χ3v) is 3.22. The lowest BCUT2D eigenvalue weighted by atomic mass is 10.2. The van der Waals surface area contributed by atoms with Crippen LogP contribution in [-0.4, -0.2) is 31.7 Å². The molecule has 0 aliphatic heterocycles. The van der Waals surface area contributed by atoms with Crippen LogP contribution < -0.4 is 20.1 Å². The number of anilines is 2. The number of hydrogen-bond donors (Lipinski definition) is 2. The molecule has 2 aromatic rings. The predicted molar refractivity (Wildman–Crippen MR) is 89.7 cm³/mol. The van der Waals surface area contributed by atoms with Gasteiger partial charge in [0, 0.05) is 18.8 Å². The summed E-state index contributed by atoms with van der Waals surface area (Å²) in [6.07, 6.45) is 4.09. The monoisotopic (exact) mass is 315 g/mol. The van der Waals surface area contributed by atoms with Gasteiger partial charge in [-0.15, -0.1) is 0 Å². The lowest BCUT2D eigenvalue weighted by Crippen LogP contribution is -2.24. The van der Waals surface area contributed by atoms with Gasteiger partial charge in [0.05, 0.1) is 37.4 Å². The zero-order chi connectivity index (χ0) is 16.7. The van der Waals surface area contributed by atoms with E-state index >= 15 is 0 Å². The summed E-state index contributed by atoms with van der Waals surface area (Å²) in [6.45, 7) is 2.65. The van der Waals surface area contributed by atoms with Gasteiger partial charge in [-0.3, -0.25) is 9.78 Å². The van der Waals surface area contributed by atoms with Gasteiger partial charge in [0.2, 0.25) is 0 Å². The van der Waals surface area contributed by atoms with E-state index in [2.05, 4.69) is 15.6 Å². The highest BCUT2D eigenvalue weighted by Crippen LogP contribution is 2.31. The lowest BCUT2D eigenvalue weighted by molar-refractivity contribution is 0.0953. The Morgan fingerprint density at radius 3 is 2.70 bits per heavy atom. The molecule has 1 aromatic heterocycles. The quantitative estimate of drug-likeness (QED) is 0.822. The van der Waals surface area contributed by atoms with E-state index in [1.54, 1.807) is 38.7 Å². The number of carbonyl (C=O) groups is 1. The van der Waals surface area contributed by atoms with Crippen molar-refractivity contribution in [3.63, 3.8) is 0 Å². The number of aromatic nitrogens is 1. The summed E-state index contributed by atoms with van der Waals surface area (Å²) in [5.74, 6) is 1.22. The predicted octanol–water partition coefficient (Wildman–Crippen LogP) is 2.98. The highest BCUT2D eigenvalue weighted by molar-refractivity contribution is 5.94. The van der Waals surface area contributed by atoms with Crippen LogP contribution in [0.2, 0.25) is 0 Å². The lowest BCUT2D eigenvalue weighted by Gasteiger charge is -2.13. The molecule has 2 rings (SSSR count). The molecule has 0 atom stereocenters. The maximum absolute atomic E-state index is 12.0. The van der Waals surface area contributed by atoms with E-state index in [-0.39, 0.29) is 5.91 Å². The number of pyridine rings is 1. The fourth-order valence-corrected chi connectivity index (χ4v) is 2.03. The van der Waals surface area contributed by atoms with Crippen LogP contribution in [0.15, 0.2) is 36.7 Å². The zero-order valence-corrected chi connectivity index (χ0v) is 13.6. The second kappa shape index (κ2) is 8.03. The van der Waals surface area contributed by atoms with E-state index < -0.39 is 0 Å². The van der Waals surface area contributed by atoms with Crippen molar-refractivity contribution in [3.8, 4) is 11.5 Å². The molecular weight excluding hydrogens is 294 g/mol. The molecule has 0 aliphatic rings. The number of methoxy groups -OCH3 is 2. The Balaban J connectivity index is 2.19. The fourth-order valence-electron chi connectivity index (χ4n) is 2.03. The maximum Gasteiger partial charge on any atom is 0.252 e. The number of carbonyl (C=O) groups excluding carboxylic acids is 1. The molecule has 6 nitrogen and oxygen atoms in total. The molecule has 0 unspecified atom stereocenters. The minimum Gasteiger partial charge on any atom is -0.497 e. The van der Waals surface area contributed by atoms with Crippen LogP contribution in [0.25, 0.3) is 0 Å². The summed E-state index contributed by atoms with van der Waals surface area (Å²) in [5, 5.41) is 6.03. The summed E-state index contributed by atoms with van der Waals surface area (Å²) < 4.78 is 10.5. The molecule has 0 spiro atoms. The van der Waals surface area contributed by atoms with Crippen LogP contribution in [0.1, 0.15) is 23.7 Å². The molecule has 1 amide bonds. The SMILES string of the molecule is CCCNC(=O)c1cncc(Nc2ccc(OC)cc2OC)c1. The van der Waals surface area contributed by atoms with E-state index in [9.17, 15) is 4.79 Å². The van der Waals surface area contributed by atoms with Gasteiger partial charge < -0.3 is 20.1 Å². The minimum atomic E-state index is -0.135. The van der Waals surface area contributed by atoms with Crippen molar-refractivity contribution in [2.75, 3.05) is 26.1 Å². The molecule has 0 radical (unpaired) electrons. The van der Waals surface area contributed by atoms with Gasteiger partial charge in [-0.05, 0) is 24.6 Å². The standard InChI is InChI=1S/C17H21N3O3/c1-4-7-19-17(21)12-8-13(11-18-10-12)20-15-6-5-14(22-2)9-16(15)23-3/h5-6,8-11,20H,4,7H2,1-3H3,(H,19,21). The highest BCUT2D eigenvalue weighted by atomic mass is 16.5. The Morgan fingerprint density at radius 2 is 2.00 bits per heavy atom. The van der Waals surface area contributed by atoms with Crippen molar-refractivity contribution in [2.45, 2.75) is 13.3 Å². The number of nitrogens with zero attached hydrogens (tertiary/aromatic N) is 1. The van der Waals surface area contributed by atoms with E-state index in [1.165, 1.54) is 0 Å². The number of amides is 1. The Bertz CT molecular complexity index is 674. The van der Waals surface area contributed by atoms with Crippen LogP contribution in [0.5, 0.6) is 11.5 Å². The van der Waals surface area contributed by atoms with Crippen LogP contribution in [0.4, 0.5) is 11.4 Å². The van der Waals surface area contributed by atoms with Crippen molar-refractivity contribution in [3.05, 3.63) is 42.2 Å². The number of rotatable bonds is 7. The minimum absolute atomic E-state index is 0.135. The molecule has 6 heteroatoms. The van der Waals surface area contributed by atoms with Gasteiger partial charge in [0.25, 0.3) is 5.91 Å². The number of benzene rings is 1. The van der Waals surface area contributed by atoms with Crippen molar-refractivity contribution in [1.82, 2.24) is 10.3 Å². The summed E-state index contributed by atoms with van der Waals surface area (Å²) in [7, 11) is 3.19. The molecule has 122 valence electrons. The fraction of sp³-hybridized carbons (Fsp3) is 0.294. The van der Waals surface area contributed by atoms with Gasteiger partial charge in [0.1, 0.15) is 11.5 Å². The Labute approximate surface area is 135 Å². The topological polar surface area (TPSA) is 72.5 Å². The Morgan fingerprint density at radius 1 is 1.17 bits per heavy atom. The van der Waals surface area contributed by atoms with Crippen molar-refractivity contribution >= 4 is 17.3 Å². The number of hydrogen-bond acceptors (Lipinski definition) is 5. The summed E-state index contributed by atoms with van der Waals surface area (Å²) in [4.78, 5) is 16.1. The average Bonchev–Trinajstić information content (AvgIpc) is 2.60. The van der Waals surface area contributed by atoms with Gasteiger partial charge in [0.15, 0.2) is 0 Å². The highest BCUT2D eigenvalue weighted by Gasteiger charge is 2.09. The summed E-state index contributed by atoms with van der Waals surface area (Å²) in [6, 6.07) is 7.22. The van der Waals surface area contributed by atoms with Crippen LogP contribution >= 0.6 is 0 Å². The Kier molecular flexibility index (Phi) is 5.80. The van der Waals surface area contributed by atoms with Crippen LogP contribution in [0, 0.1) is 0 Å². The molecule has 0 bridgehead atoms. The molecule has 0 fully saturated rings. The van der Waals surface area contributed by atoms with Crippen LogP contribution in [0.3, 0.4) is 0 Å². The van der Waals surface area contributed by atoms with Crippen molar-refractivity contribution in [1.29, 1.82) is 0 Å². The van der Waals surface area contributed by atoms with Crippen molar-refractivity contribution < 1.29 is 14.3 Å².